The fourth-order valence-corrected chi connectivity index (χ4v) is 3.14. The predicted molar refractivity (Wildman–Crippen MR) is 87.5 cm³/mol. The van der Waals surface area contributed by atoms with E-state index in [4.69, 9.17) is 15.3 Å². The molecule has 2 atom stereocenters. The van der Waals surface area contributed by atoms with Crippen LogP contribution in [-0.4, -0.2) is 48.4 Å². The van der Waals surface area contributed by atoms with E-state index in [-0.39, 0.29) is 17.9 Å². The highest BCUT2D eigenvalue weighted by Gasteiger charge is 2.39. The third-order valence-corrected chi connectivity index (χ3v) is 4.44. The number of nitrogens with zero attached hydrogens (tertiary/aromatic N) is 2. The summed E-state index contributed by atoms with van der Waals surface area (Å²) in [6, 6.07) is 7.78. The topological polar surface area (TPSA) is 77.1 Å². The molecular weight excluding hydrogens is 294 g/mol. The second-order valence-corrected chi connectivity index (χ2v) is 6.82. The van der Waals surface area contributed by atoms with Crippen LogP contribution in [0.5, 0.6) is 5.75 Å². The first-order valence-corrected chi connectivity index (χ1v) is 7.83. The van der Waals surface area contributed by atoms with Crippen molar-refractivity contribution in [1.29, 1.82) is 0 Å². The van der Waals surface area contributed by atoms with Gasteiger partial charge in [0.25, 0.3) is 5.91 Å². The van der Waals surface area contributed by atoms with Crippen LogP contribution in [0.25, 0.3) is 0 Å². The molecule has 1 amide bonds. The molecular formula is C17H23N3O3. The van der Waals surface area contributed by atoms with E-state index in [1.165, 1.54) is 0 Å². The van der Waals surface area contributed by atoms with Crippen molar-refractivity contribution < 1.29 is 14.4 Å². The number of carbonyl (C=O) groups is 1. The molecule has 1 aromatic carbocycles. The van der Waals surface area contributed by atoms with Gasteiger partial charge in [0.05, 0.1) is 7.11 Å². The number of hydrogen-bond donors (Lipinski definition) is 1. The van der Waals surface area contributed by atoms with E-state index >= 15 is 0 Å². The van der Waals surface area contributed by atoms with Crippen molar-refractivity contribution in [3.05, 3.63) is 29.8 Å². The van der Waals surface area contributed by atoms with E-state index in [2.05, 4.69) is 5.16 Å². The highest BCUT2D eigenvalue weighted by atomic mass is 16.7. The molecule has 6 heteroatoms. The maximum atomic E-state index is 12.6. The van der Waals surface area contributed by atoms with Crippen LogP contribution in [-0.2, 0) is 9.63 Å². The van der Waals surface area contributed by atoms with Gasteiger partial charge in [-0.15, -0.1) is 0 Å². The summed E-state index contributed by atoms with van der Waals surface area (Å²) in [5.41, 5.74) is 7.47. The van der Waals surface area contributed by atoms with Crippen molar-refractivity contribution in [2.45, 2.75) is 37.8 Å². The number of benzene rings is 1. The monoisotopic (exact) mass is 317 g/mol. The average Bonchev–Trinajstić information content (AvgIpc) is 3.09. The first kappa shape index (κ1) is 15.8. The van der Waals surface area contributed by atoms with Crippen LogP contribution in [0.15, 0.2) is 29.4 Å². The molecule has 2 aliphatic rings. The molecule has 23 heavy (non-hydrogen) atoms. The van der Waals surface area contributed by atoms with E-state index in [1.54, 1.807) is 12.0 Å². The fraction of sp³-hybridized carbons (Fsp3) is 0.529. The van der Waals surface area contributed by atoms with Gasteiger partial charge in [-0.2, -0.15) is 0 Å². The number of likely N-dealkylation sites (tertiary alicyclic amines) is 1. The molecule has 6 nitrogen and oxygen atoms in total. The lowest BCUT2D eigenvalue weighted by Crippen LogP contribution is -2.37. The minimum Gasteiger partial charge on any atom is -0.497 e. The van der Waals surface area contributed by atoms with Crippen molar-refractivity contribution in [2.24, 2.45) is 10.9 Å². The number of methoxy groups -OCH3 is 1. The van der Waals surface area contributed by atoms with Crippen LogP contribution >= 0.6 is 0 Å². The normalized spacial score (nSPS) is 25.9. The number of carbonyl (C=O) groups excluding carboxylic acids is 1. The van der Waals surface area contributed by atoms with E-state index in [1.807, 2.05) is 38.1 Å². The number of oxime groups is 1. The van der Waals surface area contributed by atoms with Gasteiger partial charge >= 0.3 is 0 Å². The second kappa shape index (κ2) is 5.85. The van der Waals surface area contributed by atoms with Crippen LogP contribution in [0.1, 0.15) is 31.7 Å². The summed E-state index contributed by atoms with van der Waals surface area (Å²) in [6.45, 7) is 4.99. The van der Waals surface area contributed by atoms with Gasteiger partial charge in [-0.05, 0) is 31.5 Å². The largest absolute Gasteiger partial charge is 0.497 e. The second-order valence-electron chi connectivity index (χ2n) is 6.82. The van der Waals surface area contributed by atoms with E-state index in [9.17, 15) is 4.79 Å². The number of ether oxygens (including phenoxy) is 1. The van der Waals surface area contributed by atoms with Gasteiger partial charge in [0.15, 0.2) is 0 Å². The maximum absolute atomic E-state index is 12.6. The van der Waals surface area contributed by atoms with Crippen LogP contribution in [0.3, 0.4) is 0 Å². The third-order valence-electron chi connectivity index (χ3n) is 4.44. The molecule has 0 spiro atoms. The van der Waals surface area contributed by atoms with Gasteiger partial charge in [-0.1, -0.05) is 17.3 Å². The summed E-state index contributed by atoms with van der Waals surface area (Å²) in [4.78, 5) is 19.7. The van der Waals surface area contributed by atoms with E-state index < -0.39 is 5.60 Å². The predicted octanol–water partition coefficient (Wildman–Crippen LogP) is 1.50. The molecule has 1 saturated heterocycles. The summed E-state index contributed by atoms with van der Waals surface area (Å²) in [5, 5.41) is 3.95. The number of rotatable bonds is 3. The van der Waals surface area contributed by atoms with E-state index in [0.29, 0.717) is 25.2 Å². The van der Waals surface area contributed by atoms with Crippen LogP contribution < -0.4 is 10.5 Å². The molecule has 0 radical (unpaired) electrons. The fourth-order valence-electron chi connectivity index (χ4n) is 3.14. The van der Waals surface area contributed by atoms with Gasteiger partial charge in [0.1, 0.15) is 17.1 Å². The van der Waals surface area contributed by atoms with Gasteiger partial charge < -0.3 is 20.2 Å². The Kier molecular flexibility index (Phi) is 4.02. The Morgan fingerprint density at radius 2 is 2.04 bits per heavy atom. The molecule has 1 aromatic rings. The van der Waals surface area contributed by atoms with Gasteiger partial charge in [-0.25, -0.2) is 0 Å². The molecule has 0 unspecified atom stereocenters. The molecule has 2 heterocycles. The van der Waals surface area contributed by atoms with E-state index in [0.717, 1.165) is 11.3 Å². The van der Waals surface area contributed by atoms with Crippen LogP contribution in [0, 0.1) is 0 Å². The number of hydrogen-bond acceptors (Lipinski definition) is 5. The van der Waals surface area contributed by atoms with Crippen molar-refractivity contribution in [2.75, 3.05) is 20.2 Å². The van der Waals surface area contributed by atoms with Gasteiger partial charge in [-0.3, -0.25) is 4.79 Å². The molecule has 0 saturated carbocycles. The lowest BCUT2D eigenvalue weighted by atomic mass is 9.95. The van der Waals surface area contributed by atoms with Crippen molar-refractivity contribution in [3.8, 4) is 5.75 Å². The minimum absolute atomic E-state index is 0.0676. The highest BCUT2D eigenvalue weighted by molar-refractivity contribution is 6.39. The summed E-state index contributed by atoms with van der Waals surface area (Å²) in [6.07, 6.45) is 0.533. The summed E-state index contributed by atoms with van der Waals surface area (Å²) in [5.74, 6) is 0.871. The molecule has 124 valence electrons. The highest BCUT2D eigenvalue weighted by Crippen LogP contribution is 2.30. The first-order chi connectivity index (χ1) is 10.9. The molecule has 0 bridgehead atoms. The lowest BCUT2D eigenvalue weighted by Gasteiger charge is -2.17. The van der Waals surface area contributed by atoms with Gasteiger partial charge in [0.2, 0.25) is 0 Å². The SMILES string of the molecule is COc1ccc([C@@H]2CN(C(=O)C3=NOC(C)(C)C3)C[C@H]2N)cc1. The van der Waals surface area contributed by atoms with Crippen LogP contribution in [0.4, 0.5) is 0 Å². The first-order valence-electron chi connectivity index (χ1n) is 7.83. The minimum atomic E-state index is -0.401. The molecule has 0 aliphatic carbocycles. The Bertz CT molecular complexity index is 624. The molecule has 1 fully saturated rings. The molecule has 0 aromatic heterocycles. The Balaban J connectivity index is 1.69. The zero-order chi connectivity index (χ0) is 16.6. The zero-order valence-electron chi connectivity index (χ0n) is 13.8. The van der Waals surface area contributed by atoms with Gasteiger partial charge in [0, 0.05) is 31.5 Å². The molecule has 3 rings (SSSR count). The Hall–Kier alpha value is -2.08. The third kappa shape index (κ3) is 3.17. The summed E-state index contributed by atoms with van der Waals surface area (Å²) >= 11 is 0. The van der Waals surface area contributed by atoms with Crippen molar-refractivity contribution >= 4 is 11.6 Å². The Labute approximate surface area is 136 Å². The number of amides is 1. The molecule has 2 aliphatic heterocycles. The zero-order valence-corrected chi connectivity index (χ0v) is 13.8. The quantitative estimate of drug-likeness (QED) is 0.916. The van der Waals surface area contributed by atoms with Crippen molar-refractivity contribution in [1.82, 2.24) is 4.90 Å². The van der Waals surface area contributed by atoms with Crippen molar-refractivity contribution in [3.63, 3.8) is 0 Å². The lowest BCUT2D eigenvalue weighted by molar-refractivity contribution is -0.123. The Morgan fingerprint density at radius 1 is 1.35 bits per heavy atom. The number of nitrogens with two attached hydrogens (primary N) is 1. The van der Waals surface area contributed by atoms with Crippen LogP contribution in [0.2, 0.25) is 0 Å². The maximum Gasteiger partial charge on any atom is 0.271 e. The Morgan fingerprint density at radius 3 is 2.61 bits per heavy atom. The smallest absolute Gasteiger partial charge is 0.271 e. The molecule has 2 N–H and O–H groups in total. The summed E-state index contributed by atoms with van der Waals surface area (Å²) in [7, 11) is 1.64. The standard InChI is InChI=1S/C17H23N3O3/c1-17(2)8-15(19-23-17)16(21)20-9-13(14(18)10-20)11-4-6-12(22-3)7-5-11/h4-7,13-14H,8-10,18H2,1-3H3/t13-,14+/m0/s1. The average molecular weight is 317 g/mol. The summed E-state index contributed by atoms with van der Waals surface area (Å²) < 4.78 is 5.18.